The molecular formula is C19H17F4NO3. The van der Waals surface area contributed by atoms with Gasteiger partial charge in [-0.3, -0.25) is 4.90 Å². The van der Waals surface area contributed by atoms with Crippen LogP contribution in [0.2, 0.25) is 0 Å². The van der Waals surface area contributed by atoms with Crippen molar-refractivity contribution in [3.8, 4) is 16.9 Å². The minimum Gasteiger partial charge on any atom is -0.486 e. The number of likely N-dealkylation sites (tertiary alicyclic amines) is 1. The van der Waals surface area contributed by atoms with Crippen LogP contribution in [0, 0.1) is 5.82 Å². The standard InChI is InChI=1S/C19H17F4NO3/c1-2-26-18(25)24-11-16(17(24)19(21,22)23)27-15-5-3-4-13(10-15)12-6-8-14(20)9-7-12/h3-10,16-17H,2,11H2,1H3. The van der Waals surface area contributed by atoms with Crippen LogP contribution < -0.4 is 4.74 Å². The van der Waals surface area contributed by atoms with Crippen LogP contribution in [0.4, 0.5) is 22.4 Å². The number of carbonyl (C=O) groups excluding carboxylic acids is 1. The summed E-state index contributed by atoms with van der Waals surface area (Å²) < 4.78 is 63.2. The van der Waals surface area contributed by atoms with Crippen molar-refractivity contribution in [2.24, 2.45) is 0 Å². The molecule has 2 aromatic carbocycles. The van der Waals surface area contributed by atoms with E-state index in [9.17, 15) is 22.4 Å². The second-order valence-corrected chi connectivity index (χ2v) is 6.03. The first-order valence-corrected chi connectivity index (χ1v) is 8.32. The summed E-state index contributed by atoms with van der Waals surface area (Å²) in [4.78, 5) is 12.3. The van der Waals surface area contributed by atoms with Crippen LogP contribution in [0.15, 0.2) is 48.5 Å². The zero-order valence-corrected chi connectivity index (χ0v) is 14.4. The van der Waals surface area contributed by atoms with E-state index in [0.29, 0.717) is 16.0 Å². The Balaban J connectivity index is 1.76. The molecule has 2 aromatic rings. The molecule has 0 saturated carbocycles. The molecule has 27 heavy (non-hydrogen) atoms. The fraction of sp³-hybridized carbons (Fsp3) is 0.316. The van der Waals surface area contributed by atoms with E-state index in [-0.39, 0.29) is 24.7 Å². The van der Waals surface area contributed by atoms with Crippen molar-refractivity contribution in [2.75, 3.05) is 13.2 Å². The smallest absolute Gasteiger partial charge is 0.412 e. The summed E-state index contributed by atoms with van der Waals surface area (Å²) in [7, 11) is 0. The lowest BCUT2D eigenvalue weighted by atomic mass is 9.99. The third kappa shape index (κ3) is 4.15. The topological polar surface area (TPSA) is 38.8 Å². The highest BCUT2D eigenvalue weighted by molar-refractivity contribution is 5.70. The number of benzene rings is 2. The number of nitrogens with zero attached hydrogens (tertiary/aromatic N) is 1. The van der Waals surface area contributed by atoms with E-state index in [4.69, 9.17) is 4.74 Å². The van der Waals surface area contributed by atoms with Crippen LogP contribution >= 0.6 is 0 Å². The molecule has 2 atom stereocenters. The minimum atomic E-state index is -4.63. The number of hydrogen-bond acceptors (Lipinski definition) is 3. The van der Waals surface area contributed by atoms with E-state index >= 15 is 0 Å². The molecule has 4 nitrogen and oxygen atoms in total. The van der Waals surface area contributed by atoms with Gasteiger partial charge in [0.05, 0.1) is 13.2 Å². The first-order valence-electron chi connectivity index (χ1n) is 8.32. The Kier molecular flexibility index (Phi) is 5.25. The van der Waals surface area contributed by atoms with Crippen LogP contribution in [0.5, 0.6) is 5.75 Å². The quantitative estimate of drug-likeness (QED) is 0.722. The van der Waals surface area contributed by atoms with Gasteiger partial charge in [-0.1, -0.05) is 24.3 Å². The van der Waals surface area contributed by atoms with E-state index in [1.165, 1.54) is 25.1 Å². The van der Waals surface area contributed by atoms with Crippen molar-refractivity contribution in [3.63, 3.8) is 0 Å². The van der Waals surface area contributed by atoms with Gasteiger partial charge in [0, 0.05) is 0 Å². The highest BCUT2D eigenvalue weighted by Crippen LogP contribution is 2.37. The average molecular weight is 383 g/mol. The molecule has 0 aromatic heterocycles. The maximum Gasteiger partial charge on any atom is 0.412 e. The molecule has 0 spiro atoms. The average Bonchev–Trinajstić information content (AvgIpc) is 2.57. The van der Waals surface area contributed by atoms with E-state index in [2.05, 4.69) is 4.74 Å². The SMILES string of the molecule is CCOC(=O)N1CC(Oc2cccc(-c3ccc(F)cc3)c2)C1C(F)(F)F. The highest BCUT2D eigenvalue weighted by atomic mass is 19.4. The molecule has 1 heterocycles. The lowest BCUT2D eigenvalue weighted by Crippen LogP contribution is -2.69. The molecule has 1 aliphatic heterocycles. The summed E-state index contributed by atoms with van der Waals surface area (Å²) in [5, 5.41) is 0. The van der Waals surface area contributed by atoms with Crippen molar-refractivity contribution < 1.29 is 31.8 Å². The number of ether oxygens (including phenoxy) is 2. The van der Waals surface area contributed by atoms with Crippen LogP contribution in [-0.2, 0) is 4.74 Å². The third-order valence-corrected chi connectivity index (χ3v) is 4.20. The molecule has 0 N–H and O–H groups in total. The molecule has 1 saturated heterocycles. The maximum absolute atomic E-state index is 13.3. The van der Waals surface area contributed by atoms with Gasteiger partial charge in [-0.2, -0.15) is 13.2 Å². The molecule has 8 heteroatoms. The van der Waals surface area contributed by atoms with Crippen molar-refractivity contribution >= 4 is 6.09 Å². The predicted octanol–water partition coefficient (Wildman–Crippen LogP) is 4.64. The van der Waals surface area contributed by atoms with Crippen molar-refractivity contribution in [1.82, 2.24) is 4.90 Å². The summed E-state index contributed by atoms with van der Waals surface area (Å²) in [6.07, 6.45) is -6.87. The first-order chi connectivity index (χ1) is 12.8. The normalized spacial score (nSPS) is 19.4. The lowest BCUT2D eigenvalue weighted by Gasteiger charge is -2.46. The zero-order valence-electron chi connectivity index (χ0n) is 14.4. The summed E-state index contributed by atoms with van der Waals surface area (Å²) in [5.74, 6) is -0.146. The number of hydrogen-bond donors (Lipinski definition) is 0. The van der Waals surface area contributed by atoms with Gasteiger partial charge in [-0.25, -0.2) is 9.18 Å². The van der Waals surface area contributed by atoms with E-state index < -0.39 is 24.4 Å². The van der Waals surface area contributed by atoms with Gasteiger partial charge < -0.3 is 9.47 Å². The summed E-state index contributed by atoms with van der Waals surface area (Å²) in [5.41, 5.74) is 1.38. The fourth-order valence-corrected chi connectivity index (χ4v) is 2.92. The molecule has 1 fully saturated rings. The molecule has 2 unspecified atom stereocenters. The number of halogens is 4. The van der Waals surface area contributed by atoms with E-state index in [1.54, 1.807) is 30.3 Å². The zero-order chi connectivity index (χ0) is 19.6. The summed E-state index contributed by atoms with van der Waals surface area (Å²) in [6, 6.07) is 10.2. The lowest BCUT2D eigenvalue weighted by molar-refractivity contribution is -0.233. The summed E-state index contributed by atoms with van der Waals surface area (Å²) in [6.45, 7) is 1.30. The van der Waals surface area contributed by atoms with Gasteiger partial charge in [-0.05, 0) is 42.3 Å². The van der Waals surface area contributed by atoms with Gasteiger partial charge >= 0.3 is 12.3 Å². The number of rotatable bonds is 4. The molecule has 0 radical (unpaired) electrons. The second kappa shape index (κ2) is 7.46. The van der Waals surface area contributed by atoms with Gasteiger partial charge in [0.2, 0.25) is 0 Å². The molecule has 0 aliphatic carbocycles. The Morgan fingerprint density at radius 1 is 1.15 bits per heavy atom. The van der Waals surface area contributed by atoms with E-state index in [0.717, 1.165) is 0 Å². The van der Waals surface area contributed by atoms with Gasteiger partial charge in [0.25, 0.3) is 0 Å². The molecule has 1 aliphatic rings. The van der Waals surface area contributed by atoms with Crippen molar-refractivity contribution in [1.29, 1.82) is 0 Å². The monoisotopic (exact) mass is 383 g/mol. The van der Waals surface area contributed by atoms with Crippen LogP contribution in [-0.4, -0.2) is 42.5 Å². The Morgan fingerprint density at radius 3 is 2.48 bits per heavy atom. The van der Waals surface area contributed by atoms with Crippen LogP contribution in [0.1, 0.15) is 6.92 Å². The highest BCUT2D eigenvalue weighted by Gasteiger charge is 2.59. The van der Waals surface area contributed by atoms with E-state index in [1.807, 2.05) is 0 Å². The Hall–Kier alpha value is -2.77. The van der Waals surface area contributed by atoms with Crippen LogP contribution in [0.25, 0.3) is 11.1 Å². The van der Waals surface area contributed by atoms with Crippen LogP contribution in [0.3, 0.4) is 0 Å². The molecular weight excluding hydrogens is 366 g/mol. The maximum atomic E-state index is 13.3. The summed E-state index contributed by atoms with van der Waals surface area (Å²) >= 11 is 0. The number of carbonyl (C=O) groups is 1. The van der Waals surface area contributed by atoms with Crippen molar-refractivity contribution in [3.05, 3.63) is 54.3 Å². The largest absolute Gasteiger partial charge is 0.486 e. The number of alkyl halides is 3. The fourth-order valence-electron chi connectivity index (χ4n) is 2.92. The molecule has 0 bridgehead atoms. The Morgan fingerprint density at radius 2 is 1.85 bits per heavy atom. The van der Waals surface area contributed by atoms with Gasteiger partial charge in [0.15, 0.2) is 6.04 Å². The Bertz CT molecular complexity index is 807. The molecule has 1 amide bonds. The van der Waals surface area contributed by atoms with Gasteiger partial charge in [0.1, 0.15) is 17.7 Å². The Labute approximate surface area is 153 Å². The predicted molar refractivity (Wildman–Crippen MR) is 89.8 cm³/mol. The second-order valence-electron chi connectivity index (χ2n) is 6.03. The van der Waals surface area contributed by atoms with Crippen molar-refractivity contribution in [2.45, 2.75) is 25.2 Å². The first kappa shape index (κ1) is 19.0. The van der Waals surface area contributed by atoms with Gasteiger partial charge in [-0.15, -0.1) is 0 Å². The minimum absolute atomic E-state index is 0.00878. The molecule has 3 rings (SSSR count). The third-order valence-electron chi connectivity index (χ3n) is 4.20. The number of amides is 1. The molecule has 144 valence electrons.